The van der Waals surface area contributed by atoms with Gasteiger partial charge in [0.15, 0.2) is 5.96 Å². The van der Waals surface area contributed by atoms with Crippen molar-refractivity contribution in [2.24, 2.45) is 22.2 Å². The van der Waals surface area contributed by atoms with Crippen molar-refractivity contribution in [3.8, 4) is 0 Å². The molecule has 1 aromatic heterocycles. The van der Waals surface area contributed by atoms with E-state index in [1.54, 1.807) is 6.26 Å². The summed E-state index contributed by atoms with van der Waals surface area (Å²) in [6.07, 6.45) is 4.69. The van der Waals surface area contributed by atoms with Gasteiger partial charge in [-0.25, -0.2) is 9.78 Å². The zero-order valence-corrected chi connectivity index (χ0v) is 22.4. The summed E-state index contributed by atoms with van der Waals surface area (Å²) in [6, 6.07) is -4.71. The number of nitrogens with two attached hydrogens (primary N) is 3. The highest BCUT2D eigenvalue weighted by Crippen LogP contribution is 2.07. The topological polar surface area (TPSA) is 281 Å². The monoisotopic (exact) mass is 571 g/mol. The number of guanidine groups is 1. The fourth-order valence-electron chi connectivity index (χ4n) is 3.33. The zero-order valence-electron chi connectivity index (χ0n) is 21.6. The number of nitrogens with one attached hydrogen (secondary N) is 4. The van der Waals surface area contributed by atoms with Gasteiger partial charge in [-0.15, -0.1) is 0 Å². The van der Waals surface area contributed by atoms with Gasteiger partial charge in [0.25, 0.3) is 0 Å². The van der Waals surface area contributed by atoms with Crippen LogP contribution in [0.4, 0.5) is 0 Å². The van der Waals surface area contributed by atoms with Crippen molar-refractivity contribution in [2.45, 2.75) is 62.7 Å². The first-order chi connectivity index (χ1) is 18.4. The van der Waals surface area contributed by atoms with Crippen LogP contribution in [0, 0.1) is 0 Å². The maximum Gasteiger partial charge on any atom is 0.326 e. The number of H-pyrrole nitrogens is 1. The summed E-state index contributed by atoms with van der Waals surface area (Å²) < 4.78 is 0. The van der Waals surface area contributed by atoms with E-state index in [0.717, 1.165) is 0 Å². The molecule has 0 saturated carbocycles. The number of hydrogen-bond donors (Lipinski definition) is 9. The molecule has 4 atom stereocenters. The van der Waals surface area contributed by atoms with Gasteiger partial charge in [-0.3, -0.25) is 24.2 Å². The van der Waals surface area contributed by atoms with Gasteiger partial charge in [0.1, 0.15) is 18.1 Å². The SMILES string of the molecule is CSCCC(NC(=O)C(Cc1cnc[nH]1)NC(=O)C(N)CCCN=C(N)N)C(=O)NC(CCC(=O)O)C(=O)O. The van der Waals surface area contributed by atoms with Gasteiger partial charge in [-0.1, -0.05) is 0 Å². The molecule has 1 rings (SSSR count). The molecule has 39 heavy (non-hydrogen) atoms. The Balaban J connectivity index is 2.98. The second-order valence-electron chi connectivity index (χ2n) is 8.57. The molecule has 218 valence electrons. The number of aliphatic imine (C=N–C) groups is 1. The van der Waals surface area contributed by atoms with Crippen LogP contribution in [0.1, 0.15) is 37.8 Å². The Hall–Kier alpha value is -3.86. The average molecular weight is 572 g/mol. The largest absolute Gasteiger partial charge is 0.481 e. The Morgan fingerprint density at radius 1 is 1.00 bits per heavy atom. The number of carboxylic acids is 2. The average Bonchev–Trinajstić information content (AvgIpc) is 3.38. The lowest BCUT2D eigenvalue weighted by Crippen LogP contribution is -2.57. The van der Waals surface area contributed by atoms with Gasteiger partial charge in [0, 0.05) is 31.3 Å². The number of aromatic nitrogens is 2. The molecule has 0 aliphatic heterocycles. The second-order valence-corrected chi connectivity index (χ2v) is 9.56. The first-order valence-corrected chi connectivity index (χ1v) is 13.5. The van der Waals surface area contributed by atoms with Gasteiger partial charge < -0.3 is 48.3 Å². The van der Waals surface area contributed by atoms with Gasteiger partial charge in [0.2, 0.25) is 17.7 Å². The molecule has 16 nitrogen and oxygen atoms in total. The van der Waals surface area contributed by atoms with E-state index in [4.69, 9.17) is 22.3 Å². The van der Waals surface area contributed by atoms with Crippen LogP contribution in [-0.4, -0.2) is 98.5 Å². The van der Waals surface area contributed by atoms with E-state index in [2.05, 4.69) is 30.9 Å². The normalized spacial score (nSPS) is 13.8. The van der Waals surface area contributed by atoms with E-state index in [9.17, 15) is 29.1 Å². The van der Waals surface area contributed by atoms with Crippen LogP contribution in [-0.2, 0) is 30.4 Å². The highest BCUT2D eigenvalue weighted by Gasteiger charge is 2.30. The van der Waals surface area contributed by atoms with Crippen molar-refractivity contribution >= 4 is 47.4 Å². The number of thioether (sulfide) groups is 1. The molecule has 12 N–H and O–H groups in total. The number of aliphatic carboxylic acids is 2. The fourth-order valence-corrected chi connectivity index (χ4v) is 3.80. The summed E-state index contributed by atoms with van der Waals surface area (Å²) in [5.41, 5.74) is 17.0. The summed E-state index contributed by atoms with van der Waals surface area (Å²) in [6.45, 7) is 0.275. The number of carboxylic acid groups (broad SMARTS) is 2. The van der Waals surface area contributed by atoms with Crippen molar-refractivity contribution in [3.63, 3.8) is 0 Å². The van der Waals surface area contributed by atoms with Crippen LogP contribution in [0.5, 0.6) is 0 Å². The molecular weight excluding hydrogens is 534 g/mol. The lowest BCUT2D eigenvalue weighted by molar-refractivity contribution is -0.143. The quantitative estimate of drug-likeness (QED) is 0.0473. The van der Waals surface area contributed by atoms with Crippen LogP contribution in [0.25, 0.3) is 0 Å². The number of aromatic amines is 1. The van der Waals surface area contributed by atoms with E-state index in [-0.39, 0.29) is 38.2 Å². The number of carbonyl (C=O) groups excluding carboxylic acids is 3. The van der Waals surface area contributed by atoms with Crippen LogP contribution in [0.3, 0.4) is 0 Å². The third-order valence-corrected chi connectivity index (χ3v) is 6.07. The molecule has 4 unspecified atom stereocenters. The molecule has 1 heterocycles. The summed E-state index contributed by atoms with van der Waals surface area (Å²) >= 11 is 1.40. The minimum atomic E-state index is -1.46. The molecule has 0 spiro atoms. The molecule has 0 bridgehead atoms. The van der Waals surface area contributed by atoms with Gasteiger partial charge in [0.05, 0.1) is 12.4 Å². The molecule has 17 heteroatoms. The number of rotatable bonds is 19. The Morgan fingerprint density at radius 3 is 2.21 bits per heavy atom. The fraction of sp³-hybridized carbons (Fsp3) is 0.591. The molecule has 0 saturated heterocycles. The summed E-state index contributed by atoms with van der Waals surface area (Å²) in [5, 5.41) is 25.7. The number of nitrogens with zero attached hydrogens (tertiary/aromatic N) is 2. The minimum Gasteiger partial charge on any atom is -0.481 e. The number of amides is 3. The third kappa shape index (κ3) is 13.5. The lowest BCUT2D eigenvalue weighted by Gasteiger charge is -2.25. The van der Waals surface area contributed by atoms with E-state index >= 15 is 0 Å². The summed E-state index contributed by atoms with van der Waals surface area (Å²) in [4.78, 5) is 71.8. The van der Waals surface area contributed by atoms with Crippen LogP contribution in [0.2, 0.25) is 0 Å². The molecule has 3 amide bonds. The van der Waals surface area contributed by atoms with E-state index in [1.165, 1.54) is 24.3 Å². The Kier molecular flexibility index (Phi) is 15.0. The highest BCUT2D eigenvalue weighted by molar-refractivity contribution is 7.98. The smallest absolute Gasteiger partial charge is 0.326 e. The predicted molar refractivity (Wildman–Crippen MR) is 143 cm³/mol. The van der Waals surface area contributed by atoms with Gasteiger partial charge in [-0.2, -0.15) is 11.8 Å². The van der Waals surface area contributed by atoms with Gasteiger partial charge >= 0.3 is 11.9 Å². The lowest BCUT2D eigenvalue weighted by atomic mass is 10.1. The van der Waals surface area contributed by atoms with Gasteiger partial charge in [-0.05, 0) is 37.7 Å². The standard InChI is InChI=1S/C22H37N9O7S/c1-39-8-6-14(19(35)30-15(21(37)38)4-5-17(32)33)29-20(36)16(9-12-10-26-11-28-12)31-18(34)13(23)3-2-7-27-22(24)25/h10-11,13-16H,2-9,23H2,1H3,(H,26,28)(H,29,36)(H,30,35)(H,31,34)(H,32,33)(H,37,38)(H4,24,25,27). The molecular formula is C22H37N9O7S. The first-order valence-electron chi connectivity index (χ1n) is 12.1. The van der Waals surface area contributed by atoms with Crippen molar-refractivity contribution in [2.75, 3.05) is 18.6 Å². The molecule has 0 aliphatic carbocycles. The van der Waals surface area contributed by atoms with E-state index < -0.39 is 60.2 Å². The van der Waals surface area contributed by atoms with Crippen molar-refractivity contribution in [1.82, 2.24) is 25.9 Å². The Labute approximate surface area is 229 Å². The predicted octanol–water partition coefficient (Wildman–Crippen LogP) is -2.51. The molecule has 0 aliphatic rings. The maximum absolute atomic E-state index is 13.2. The molecule has 0 radical (unpaired) electrons. The number of hydrogen-bond acceptors (Lipinski definition) is 9. The Morgan fingerprint density at radius 2 is 1.64 bits per heavy atom. The highest BCUT2D eigenvalue weighted by atomic mass is 32.2. The summed E-state index contributed by atoms with van der Waals surface area (Å²) in [7, 11) is 0. The third-order valence-electron chi connectivity index (χ3n) is 5.42. The molecule has 1 aromatic rings. The van der Waals surface area contributed by atoms with E-state index in [0.29, 0.717) is 17.9 Å². The molecule has 0 aromatic carbocycles. The molecule has 0 fully saturated rings. The van der Waals surface area contributed by atoms with E-state index in [1.807, 2.05) is 0 Å². The van der Waals surface area contributed by atoms with Crippen molar-refractivity contribution in [3.05, 3.63) is 18.2 Å². The Bertz CT molecular complexity index is 987. The second kappa shape index (κ2) is 17.6. The number of carbonyl (C=O) groups is 5. The maximum atomic E-state index is 13.2. The van der Waals surface area contributed by atoms with Crippen molar-refractivity contribution in [1.29, 1.82) is 0 Å². The van der Waals surface area contributed by atoms with Crippen molar-refractivity contribution < 1.29 is 34.2 Å². The first kappa shape index (κ1) is 33.2. The zero-order chi connectivity index (χ0) is 29.4. The minimum absolute atomic E-state index is 0.00548. The van der Waals surface area contributed by atoms with Crippen LogP contribution in [0.15, 0.2) is 17.5 Å². The summed E-state index contributed by atoms with van der Waals surface area (Å²) in [5.74, 6) is -4.36. The number of imidazole rings is 1. The van der Waals surface area contributed by atoms with Crippen LogP contribution < -0.4 is 33.2 Å². The van der Waals surface area contributed by atoms with Crippen LogP contribution >= 0.6 is 11.8 Å².